The van der Waals surface area contributed by atoms with Crippen LogP contribution in [0.5, 0.6) is 0 Å². The molecule has 0 unspecified atom stereocenters. The summed E-state index contributed by atoms with van der Waals surface area (Å²) in [6.07, 6.45) is 1.54. The maximum Gasteiger partial charge on any atom is 0.303 e. The van der Waals surface area contributed by atoms with Crippen LogP contribution in [0.15, 0.2) is 30.3 Å². The van der Waals surface area contributed by atoms with Crippen molar-refractivity contribution >= 4 is 5.97 Å². The van der Waals surface area contributed by atoms with E-state index < -0.39 is 5.97 Å². The molecule has 0 radical (unpaired) electrons. The largest absolute Gasteiger partial charge is 0.481 e. The average Bonchev–Trinajstić information content (AvgIpc) is 2.18. The van der Waals surface area contributed by atoms with Crippen molar-refractivity contribution < 1.29 is 9.90 Å². The number of rotatable bonds is 5. The van der Waals surface area contributed by atoms with E-state index in [4.69, 9.17) is 10.8 Å². The second kappa shape index (κ2) is 5.40. The van der Waals surface area contributed by atoms with Crippen LogP contribution in [0.3, 0.4) is 0 Å². The van der Waals surface area contributed by atoms with E-state index in [1.807, 2.05) is 30.3 Å². The molecule has 0 fully saturated rings. The van der Waals surface area contributed by atoms with Gasteiger partial charge >= 0.3 is 5.97 Å². The molecule has 0 heterocycles. The molecule has 0 aromatic heterocycles. The number of carboxylic acids is 1. The van der Waals surface area contributed by atoms with Crippen molar-refractivity contribution in [3.8, 4) is 0 Å². The Balaban J connectivity index is 2.36. The molecule has 1 aromatic rings. The van der Waals surface area contributed by atoms with Crippen LogP contribution in [-0.4, -0.2) is 11.1 Å². The Hall–Kier alpha value is -1.35. The van der Waals surface area contributed by atoms with Gasteiger partial charge in [0.1, 0.15) is 0 Å². The van der Waals surface area contributed by atoms with E-state index >= 15 is 0 Å². The highest BCUT2D eigenvalue weighted by molar-refractivity contribution is 5.66. The molecule has 0 saturated carbocycles. The Labute approximate surface area is 83.6 Å². The van der Waals surface area contributed by atoms with Gasteiger partial charge in [0.05, 0.1) is 0 Å². The molecule has 0 aliphatic rings. The number of carbonyl (C=O) groups is 1. The molecule has 1 aromatic carbocycles. The van der Waals surface area contributed by atoms with Crippen LogP contribution >= 0.6 is 0 Å². The lowest BCUT2D eigenvalue weighted by atomic mass is 10.0. The van der Waals surface area contributed by atoms with Crippen molar-refractivity contribution in [2.45, 2.75) is 25.3 Å². The fraction of sp³-hybridized carbons (Fsp3) is 0.364. The Bertz CT molecular complexity index is 285. The zero-order chi connectivity index (χ0) is 10.4. The molecular formula is C11H15NO2. The van der Waals surface area contributed by atoms with Crippen molar-refractivity contribution in [1.29, 1.82) is 0 Å². The van der Waals surface area contributed by atoms with Crippen LogP contribution in [0.25, 0.3) is 0 Å². The summed E-state index contributed by atoms with van der Waals surface area (Å²) in [5.74, 6) is -0.759. The lowest BCUT2D eigenvalue weighted by Crippen LogP contribution is -2.10. The number of hydrogen-bond donors (Lipinski definition) is 2. The first-order valence-corrected chi connectivity index (χ1v) is 4.72. The molecule has 0 aliphatic carbocycles. The quantitative estimate of drug-likeness (QED) is 0.751. The van der Waals surface area contributed by atoms with E-state index in [0.717, 1.165) is 12.0 Å². The van der Waals surface area contributed by atoms with E-state index in [9.17, 15) is 4.79 Å². The molecule has 3 heteroatoms. The molecule has 14 heavy (non-hydrogen) atoms. The standard InChI is InChI=1S/C11H15NO2/c12-10(7-4-8-11(13)14)9-5-2-1-3-6-9/h1-3,5-6,10H,4,7-8,12H2,(H,13,14)/t10-/m1/s1. The summed E-state index contributed by atoms with van der Waals surface area (Å²) in [5, 5.41) is 8.46. The van der Waals surface area contributed by atoms with Gasteiger partial charge in [0.25, 0.3) is 0 Å². The summed E-state index contributed by atoms with van der Waals surface area (Å²) in [6, 6.07) is 9.69. The highest BCUT2D eigenvalue weighted by Gasteiger charge is 2.05. The first-order chi connectivity index (χ1) is 6.70. The summed E-state index contributed by atoms with van der Waals surface area (Å²) in [6.45, 7) is 0. The number of nitrogens with two attached hydrogens (primary N) is 1. The average molecular weight is 193 g/mol. The summed E-state index contributed by atoms with van der Waals surface area (Å²) >= 11 is 0. The van der Waals surface area contributed by atoms with Gasteiger partial charge in [-0.3, -0.25) is 4.79 Å². The van der Waals surface area contributed by atoms with Gasteiger partial charge < -0.3 is 10.8 Å². The van der Waals surface area contributed by atoms with Crippen molar-refractivity contribution in [2.24, 2.45) is 5.73 Å². The van der Waals surface area contributed by atoms with Crippen LogP contribution < -0.4 is 5.73 Å². The van der Waals surface area contributed by atoms with E-state index in [0.29, 0.717) is 6.42 Å². The number of benzene rings is 1. The third-order valence-corrected chi connectivity index (χ3v) is 2.13. The van der Waals surface area contributed by atoms with E-state index in [1.165, 1.54) is 0 Å². The predicted octanol–water partition coefficient (Wildman–Crippen LogP) is 1.94. The Kier molecular flexibility index (Phi) is 4.13. The van der Waals surface area contributed by atoms with Crippen LogP contribution in [0.2, 0.25) is 0 Å². The number of carboxylic acid groups (broad SMARTS) is 1. The maximum atomic E-state index is 10.3. The fourth-order valence-corrected chi connectivity index (χ4v) is 1.34. The van der Waals surface area contributed by atoms with Gasteiger partial charge in [-0.2, -0.15) is 0 Å². The molecule has 1 rings (SSSR count). The Morgan fingerprint density at radius 1 is 1.36 bits per heavy atom. The van der Waals surface area contributed by atoms with Gasteiger partial charge in [0.15, 0.2) is 0 Å². The molecule has 0 saturated heterocycles. The highest BCUT2D eigenvalue weighted by atomic mass is 16.4. The van der Waals surface area contributed by atoms with E-state index in [2.05, 4.69) is 0 Å². The molecule has 76 valence electrons. The minimum Gasteiger partial charge on any atom is -0.481 e. The first-order valence-electron chi connectivity index (χ1n) is 4.72. The summed E-state index contributed by atoms with van der Waals surface area (Å²) in [4.78, 5) is 10.3. The van der Waals surface area contributed by atoms with Crippen molar-refractivity contribution in [1.82, 2.24) is 0 Å². The summed E-state index contributed by atoms with van der Waals surface area (Å²) in [5.41, 5.74) is 6.96. The van der Waals surface area contributed by atoms with Gasteiger partial charge in [-0.15, -0.1) is 0 Å². The minimum absolute atomic E-state index is 0.0458. The van der Waals surface area contributed by atoms with Crippen LogP contribution in [0.4, 0.5) is 0 Å². The van der Waals surface area contributed by atoms with E-state index in [1.54, 1.807) is 0 Å². The van der Waals surface area contributed by atoms with Crippen molar-refractivity contribution in [2.75, 3.05) is 0 Å². The first kappa shape index (κ1) is 10.7. The number of aliphatic carboxylic acids is 1. The molecular weight excluding hydrogens is 178 g/mol. The van der Waals surface area contributed by atoms with Crippen molar-refractivity contribution in [3.05, 3.63) is 35.9 Å². The van der Waals surface area contributed by atoms with E-state index in [-0.39, 0.29) is 12.5 Å². The maximum absolute atomic E-state index is 10.3. The Morgan fingerprint density at radius 3 is 2.57 bits per heavy atom. The van der Waals surface area contributed by atoms with Crippen LogP contribution in [0, 0.1) is 0 Å². The molecule has 0 bridgehead atoms. The third-order valence-electron chi connectivity index (χ3n) is 2.13. The van der Waals surface area contributed by atoms with Gasteiger partial charge in [-0.25, -0.2) is 0 Å². The highest BCUT2D eigenvalue weighted by Crippen LogP contribution is 2.15. The van der Waals surface area contributed by atoms with Gasteiger partial charge in [0, 0.05) is 12.5 Å². The molecule has 3 nitrogen and oxygen atoms in total. The lowest BCUT2D eigenvalue weighted by molar-refractivity contribution is -0.137. The molecule has 3 N–H and O–H groups in total. The third kappa shape index (κ3) is 3.58. The SMILES string of the molecule is N[C@H](CCCC(=O)O)c1ccccc1. The predicted molar refractivity (Wildman–Crippen MR) is 54.9 cm³/mol. The Morgan fingerprint density at radius 2 is 2.00 bits per heavy atom. The summed E-state index contributed by atoms with van der Waals surface area (Å²) in [7, 11) is 0. The molecule has 0 aliphatic heterocycles. The molecule has 1 atom stereocenters. The second-order valence-electron chi connectivity index (χ2n) is 3.30. The zero-order valence-electron chi connectivity index (χ0n) is 8.02. The van der Waals surface area contributed by atoms with Crippen LogP contribution in [0.1, 0.15) is 30.9 Å². The monoisotopic (exact) mass is 193 g/mol. The van der Waals surface area contributed by atoms with Crippen LogP contribution in [-0.2, 0) is 4.79 Å². The van der Waals surface area contributed by atoms with Gasteiger partial charge in [0.2, 0.25) is 0 Å². The molecule has 0 amide bonds. The number of hydrogen-bond acceptors (Lipinski definition) is 2. The fourth-order valence-electron chi connectivity index (χ4n) is 1.34. The van der Waals surface area contributed by atoms with Gasteiger partial charge in [-0.1, -0.05) is 30.3 Å². The lowest BCUT2D eigenvalue weighted by Gasteiger charge is -2.10. The summed E-state index contributed by atoms with van der Waals surface area (Å²) < 4.78 is 0. The van der Waals surface area contributed by atoms with Gasteiger partial charge in [-0.05, 0) is 18.4 Å². The minimum atomic E-state index is -0.759. The smallest absolute Gasteiger partial charge is 0.303 e. The normalized spacial score (nSPS) is 12.4. The second-order valence-corrected chi connectivity index (χ2v) is 3.30. The van der Waals surface area contributed by atoms with Crippen molar-refractivity contribution in [3.63, 3.8) is 0 Å². The molecule has 0 spiro atoms. The topological polar surface area (TPSA) is 63.3 Å². The zero-order valence-corrected chi connectivity index (χ0v) is 8.02.